The topological polar surface area (TPSA) is 96.0 Å². The van der Waals surface area contributed by atoms with Crippen LogP contribution in [0.4, 0.5) is 5.69 Å². The molecule has 10 heteroatoms. The molecule has 4 aromatic carbocycles. The molecule has 0 aliphatic rings. The molecule has 4 rings (SSSR count). The molecule has 1 atom stereocenters. The second-order valence-electron chi connectivity index (χ2n) is 11.2. The number of carbonyl (C=O) groups is 2. The van der Waals surface area contributed by atoms with E-state index < -0.39 is 28.5 Å². The largest absolute Gasteiger partial charge is 0.492 e. The van der Waals surface area contributed by atoms with Gasteiger partial charge < -0.3 is 15.0 Å². The first kappa shape index (κ1) is 34.5. The Labute approximate surface area is 277 Å². The predicted octanol–water partition coefficient (Wildman–Crippen LogP) is 6.41. The number of amides is 2. The standard InChI is InChI=1S/C36H40ClN3O5S/c1-5-45-34-18-12-11-17-32(34)40(46(43,44)31-21-19-30(37)20-22-31)25-35(41)39(24-29-16-10-9-13-27(29)4)33(36(42)38-26(2)3)23-28-14-7-6-8-15-28/h6-22,26,33H,5,23-25H2,1-4H3,(H,38,42). The number of nitrogens with one attached hydrogen (secondary N) is 1. The average Bonchev–Trinajstić information content (AvgIpc) is 3.03. The van der Waals surface area contributed by atoms with E-state index >= 15 is 0 Å². The third-order valence-corrected chi connectivity index (χ3v) is 9.44. The van der Waals surface area contributed by atoms with E-state index in [0.29, 0.717) is 10.8 Å². The normalized spacial score (nSPS) is 12.0. The molecule has 0 aliphatic carbocycles. The first-order chi connectivity index (χ1) is 22.0. The highest BCUT2D eigenvalue weighted by Gasteiger charge is 2.36. The second kappa shape index (κ2) is 15.8. The van der Waals surface area contributed by atoms with E-state index in [1.807, 2.05) is 75.4 Å². The Morgan fingerprint density at radius 1 is 0.870 bits per heavy atom. The molecular weight excluding hydrogens is 622 g/mol. The molecule has 0 heterocycles. The molecule has 0 saturated heterocycles. The van der Waals surface area contributed by atoms with Crippen molar-refractivity contribution in [2.24, 2.45) is 0 Å². The van der Waals surface area contributed by atoms with Crippen molar-refractivity contribution in [3.63, 3.8) is 0 Å². The number of sulfonamides is 1. The summed E-state index contributed by atoms with van der Waals surface area (Å²) in [7, 11) is -4.30. The van der Waals surface area contributed by atoms with Gasteiger partial charge in [-0.05, 0) is 80.8 Å². The average molecular weight is 662 g/mol. The van der Waals surface area contributed by atoms with Crippen molar-refractivity contribution >= 4 is 39.1 Å². The van der Waals surface area contributed by atoms with E-state index in [2.05, 4.69) is 5.32 Å². The van der Waals surface area contributed by atoms with Gasteiger partial charge in [0.1, 0.15) is 18.3 Å². The lowest BCUT2D eigenvalue weighted by Gasteiger charge is -2.34. The van der Waals surface area contributed by atoms with E-state index in [9.17, 15) is 18.0 Å². The SMILES string of the molecule is CCOc1ccccc1N(CC(=O)N(Cc1ccccc1C)C(Cc1ccccc1)C(=O)NC(C)C)S(=O)(=O)c1ccc(Cl)cc1. The Hall–Kier alpha value is -4.34. The summed E-state index contributed by atoms with van der Waals surface area (Å²) in [6, 6.07) is 28.4. The molecule has 4 aromatic rings. The lowest BCUT2D eigenvalue weighted by molar-refractivity contribution is -0.140. The van der Waals surface area contributed by atoms with Gasteiger partial charge in [0.2, 0.25) is 11.8 Å². The lowest BCUT2D eigenvalue weighted by atomic mass is 10.0. The van der Waals surface area contributed by atoms with Crippen molar-refractivity contribution in [2.75, 3.05) is 17.5 Å². The van der Waals surface area contributed by atoms with Crippen LogP contribution in [0.1, 0.15) is 37.5 Å². The molecule has 2 amide bonds. The number of hydrogen-bond donors (Lipinski definition) is 1. The van der Waals surface area contributed by atoms with E-state index in [4.69, 9.17) is 16.3 Å². The minimum atomic E-state index is -4.30. The van der Waals surface area contributed by atoms with E-state index in [1.54, 1.807) is 31.2 Å². The Morgan fingerprint density at radius 2 is 1.50 bits per heavy atom. The summed E-state index contributed by atoms with van der Waals surface area (Å²) < 4.78 is 35.4. The van der Waals surface area contributed by atoms with Crippen LogP contribution in [0, 0.1) is 6.92 Å². The molecule has 46 heavy (non-hydrogen) atoms. The van der Waals surface area contributed by atoms with Gasteiger partial charge >= 0.3 is 0 Å². The maximum atomic E-state index is 14.6. The van der Waals surface area contributed by atoms with Gasteiger partial charge in [-0.15, -0.1) is 0 Å². The molecule has 242 valence electrons. The fourth-order valence-electron chi connectivity index (χ4n) is 5.09. The van der Waals surface area contributed by atoms with Gasteiger partial charge in [0.25, 0.3) is 10.0 Å². The van der Waals surface area contributed by atoms with Gasteiger partial charge in [-0.2, -0.15) is 0 Å². The van der Waals surface area contributed by atoms with Gasteiger partial charge in [-0.25, -0.2) is 8.42 Å². The number of nitrogens with zero attached hydrogens (tertiary/aromatic N) is 2. The van der Waals surface area contributed by atoms with Crippen LogP contribution in [-0.4, -0.2) is 50.4 Å². The second-order valence-corrected chi connectivity index (χ2v) is 13.5. The molecule has 1 unspecified atom stereocenters. The summed E-state index contributed by atoms with van der Waals surface area (Å²) >= 11 is 6.08. The van der Waals surface area contributed by atoms with Gasteiger partial charge in [0.15, 0.2) is 0 Å². The van der Waals surface area contributed by atoms with Crippen LogP contribution in [0.15, 0.2) is 108 Å². The maximum Gasteiger partial charge on any atom is 0.264 e. The van der Waals surface area contributed by atoms with Crippen molar-refractivity contribution in [1.29, 1.82) is 0 Å². The van der Waals surface area contributed by atoms with Gasteiger partial charge in [-0.1, -0.05) is 78.3 Å². The third kappa shape index (κ3) is 8.68. The zero-order valence-corrected chi connectivity index (χ0v) is 28.1. The number of halogens is 1. The molecule has 0 bridgehead atoms. The zero-order valence-electron chi connectivity index (χ0n) is 26.5. The van der Waals surface area contributed by atoms with Crippen LogP contribution in [0.25, 0.3) is 0 Å². The molecule has 0 radical (unpaired) electrons. The van der Waals surface area contributed by atoms with Crippen molar-refractivity contribution in [1.82, 2.24) is 10.2 Å². The Morgan fingerprint density at radius 3 is 2.15 bits per heavy atom. The Bertz CT molecular complexity index is 1730. The van der Waals surface area contributed by atoms with Crippen molar-refractivity contribution in [3.8, 4) is 5.75 Å². The van der Waals surface area contributed by atoms with Crippen LogP contribution in [0.5, 0.6) is 5.75 Å². The van der Waals surface area contributed by atoms with Crippen LogP contribution in [0.3, 0.4) is 0 Å². The smallest absolute Gasteiger partial charge is 0.264 e. The highest BCUT2D eigenvalue weighted by molar-refractivity contribution is 7.92. The minimum absolute atomic E-state index is 0.0418. The minimum Gasteiger partial charge on any atom is -0.492 e. The fourth-order valence-corrected chi connectivity index (χ4v) is 6.64. The summed E-state index contributed by atoms with van der Waals surface area (Å²) in [6.07, 6.45) is 0.233. The maximum absolute atomic E-state index is 14.6. The summed E-state index contributed by atoms with van der Waals surface area (Å²) in [4.78, 5) is 29.9. The molecule has 0 fully saturated rings. The van der Waals surface area contributed by atoms with Gasteiger partial charge in [0.05, 0.1) is 17.2 Å². The number of hydrogen-bond acceptors (Lipinski definition) is 5. The van der Waals surface area contributed by atoms with Crippen LogP contribution in [0.2, 0.25) is 5.02 Å². The number of rotatable bonds is 14. The highest BCUT2D eigenvalue weighted by Crippen LogP contribution is 2.33. The number of ether oxygens (including phenoxy) is 1. The molecule has 8 nitrogen and oxygen atoms in total. The highest BCUT2D eigenvalue weighted by atomic mass is 35.5. The number of benzene rings is 4. The Kier molecular flexibility index (Phi) is 11.8. The van der Waals surface area contributed by atoms with Crippen molar-refractivity contribution < 1.29 is 22.7 Å². The molecule has 1 N–H and O–H groups in total. The van der Waals surface area contributed by atoms with E-state index in [0.717, 1.165) is 21.0 Å². The van der Waals surface area contributed by atoms with Crippen molar-refractivity contribution in [3.05, 3.63) is 125 Å². The molecule has 0 aromatic heterocycles. The zero-order chi connectivity index (χ0) is 33.3. The third-order valence-electron chi connectivity index (χ3n) is 7.42. The summed E-state index contributed by atoms with van der Waals surface area (Å²) in [5.41, 5.74) is 2.85. The first-order valence-electron chi connectivity index (χ1n) is 15.2. The number of aryl methyl sites for hydroxylation is 1. The van der Waals surface area contributed by atoms with Crippen LogP contribution < -0.4 is 14.4 Å². The number of anilines is 1. The molecule has 0 saturated carbocycles. The summed E-state index contributed by atoms with van der Waals surface area (Å²) in [6.45, 7) is 7.25. The summed E-state index contributed by atoms with van der Waals surface area (Å²) in [5, 5.41) is 3.35. The van der Waals surface area contributed by atoms with Gasteiger partial charge in [-0.3, -0.25) is 13.9 Å². The summed E-state index contributed by atoms with van der Waals surface area (Å²) in [5.74, 6) is -0.575. The lowest BCUT2D eigenvalue weighted by Crippen LogP contribution is -2.54. The molecule has 0 spiro atoms. The monoisotopic (exact) mass is 661 g/mol. The Balaban J connectivity index is 1.85. The first-order valence-corrected chi connectivity index (χ1v) is 17.0. The van der Waals surface area contributed by atoms with E-state index in [1.165, 1.54) is 29.2 Å². The van der Waals surface area contributed by atoms with Crippen LogP contribution >= 0.6 is 11.6 Å². The molecular formula is C36H40ClN3O5S. The van der Waals surface area contributed by atoms with Crippen LogP contribution in [-0.2, 0) is 32.6 Å². The fraction of sp³-hybridized carbons (Fsp3) is 0.278. The van der Waals surface area contributed by atoms with Gasteiger partial charge in [0, 0.05) is 24.0 Å². The van der Waals surface area contributed by atoms with Crippen molar-refractivity contribution in [2.45, 2.75) is 57.6 Å². The quantitative estimate of drug-likeness (QED) is 0.169. The molecule has 0 aliphatic heterocycles. The van der Waals surface area contributed by atoms with E-state index in [-0.39, 0.29) is 42.1 Å². The predicted molar refractivity (Wildman–Crippen MR) is 183 cm³/mol. The number of para-hydroxylation sites is 2. The number of carbonyl (C=O) groups excluding carboxylic acids is 2.